The minimum absolute atomic E-state index is 0. The summed E-state index contributed by atoms with van der Waals surface area (Å²) in [6.45, 7) is 10.8. The van der Waals surface area contributed by atoms with Gasteiger partial charge in [0.05, 0.1) is 13.2 Å². The van der Waals surface area contributed by atoms with Crippen LogP contribution in [0.3, 0.4) is 0 Å². The summed E-state index contributed by atoms with van der Waals surface area (Å²) in [6, 6.07) is 0. The van der Waals surface area contributed by atoms with Gasteiger partial charge in [0.2, 0.25) is 5.91 Å². The SMILES string of the molecule is COCCNCC(=O)NCCCCN1CC(C)CC(C)C1.Cl.Cl. The lowest BCUT2D eigenvalue weighted by molar-refractivity contribution is -0.120. The number of halogens is 2. The van der Waals surface area contributed by atoms with Gasteiger partial charge in [-0.05, 0) is 37.6 Å². The Morgan fingerprint density at radius 3 is 2.39 bits per heavy atom. The van der Waals surface area contributed by atoms with Gasteiger partial charge in [0.1, 0.15) is 0 Å². The van der Waals surface area contributed by atoms with Crippen LogP contribution in [0.4, 0.5) is 0 Å². The summed E-state index contributed by atoms with van der Waals surface area (Å²) < 4.78 is 4.91. The molecular formula is C16H35Cl2N3O2. The molecule has 0 aliphatic carbocycles. The molecule has 1 fully saturated rings. The molecule has 0 radical (unpaired) electrons. The lowest BCUT2D eigenvalue weighted by Gasteiger charge is -2.34. The van der Waals surface area contributed by atoms with E-state index in [0.717, 1.165) is 44.3 Å². The molecule has 0 spiro atoms. The molecule has 7 heteroatoms. The number of hydrogen-bond donors (Lipinski definition) is 2. The largest absolute Gasteiger partial charge is 0.383 e. The number of likely N-dealkylation sites (tertiary alicyclic amines) is 1. The quantitative estimate of drug-likeness (QED) is 0.576. The zero-order valence-electron chi connectivity index (χ0n) is 14.8. The Labute approximate surface area is 154 Å². The van der Waals surface area contributed by atoms with Gasteiger partial charge in [-0.2, -0.15) is 0 Å². The van der Waals surface area contributed by atoms with Gasteiger partial charge in [-0.3, -0.25) is 4.79 Å². The number of ether oxygens (including phenoxy) is 1. The molecule has 1 saturated heterocycles. The van der Waals surface area contributed by atoms with E-state index in [1.165, 1.54) is 19.5 Å². The number of piperidine rings is 1. The van der Waals surface area contributed by atoms with Crippen molar-refractivity contribution < 1.29 is 9.53 Å². The number of carbonyl (C=O) groups excluding carboxylic acids is 1. The lowest BCUT2D eigenvalue weighted by Crippen LogP contribution is -2.39. The molecule has 2 unspecified atom stereocenters. The van der Waals surface area contributed by atoms with Gasteiger partial charge >= 0.3 is 0 Å². The number of carbonyl (C=O) groups is 1. The molecule has 1 aliphatic heterocycles. The zero-order chi connectivity index (χ0) is 15.5. The Bertz CT molecular complexity index is 286. The van der Waals surface area contributed by atoms with Gasteiger partial charge in [0.25, 0.3) is 0 Å². The van der Waals surface area contributed by atoms with Gasteiger partial charge in [0, 0.05) is 33.3 Å². The second-order valence-electron chi connectivity index (χ2n) is 6.43. The predicted molar refractivity (Wildman–Crippen MR) is 101 cm³/mol. The van der Waals surface area contributed by atoms with Crippen molar-refractivity contribution >= 4 is 30.7 Å². The summed E-state index contributed by atoms with van der Waals surface area (Å²) in [5.41, 5.74) is 0. The van der Waals surface area contributed by atoms with Crippen molar-refractivity contribution in [2.45, 2.75) is 33.1 Å². The van der Waals surface area contributed by atoms with Crippen LogP contribution in [0.25, 0.3) is 0 Å². The Kier molecular flexibility index (Phi) is 16.9. The first kappa shape index (κ1) is 25.2. The summed E-state index contributed by atoms with van der Waals surface area (Å²) in [5, 5.41) is 6.00. The van der Waals surface area contributed by atoms with E-state index in [1.54, 1.807) is 7.11 Å². The number of rotatable bonds is 10. The summed E-state index contributed by atoms with van der Waals surface area (Å²) in [7, 11) is 1.66. The molecule has 2 N–H and O–H groups in total. The van der Waals surface area contributed by atoms with Crippen LogP contribution in [0.5, 0.6) is 0 Å². The highest BCUT2D eigenvalue weighted by Gasteiger charge is 2.20. The Balaban J connectivity index is 0. The second-order valence-corrected chi connectivity index (χ2v) is 6.43. The van der Waals surface area contributed by atoms with Crippen molar-refractivity contribution in [3.8, 4) is 0 Å². The molecule has 0 aromatic heterocycles. The maximum Gasteiger partial charge on any atom is 0.233 e. The number of hydrogen-bond acceptors (Lipinski definition) is 4. The highest BCUT2D eigenvalue weighted by molar-refractivity contribution is 5.85. The van der Waals surface area contributed by atoms with Crippen LogP contribution >= 0.6 is 24.8 Å². The first-order valence-electron chi connectivity index (χ1n) is 8.30. The van der Waals surface area contributed by atoms with E-state index in [4.69, 9.17) is 4.74 Å². The lowest BCUT2D eigenvalue weighted by atomic mass is 9.92. The highest BCUT2D eigenvalue weighted by atomic mass is 35.5. The van der Waals surface area contributed by atoms with Crippen molar-refractivity contribution in [2.24, 2.45) is 11.8 Å². The zero-order valence-corrected chi connectivity index (χ0v) is 16.4. The fourth-order valence-electron chi connectivity index (χ4n) is 3.10. The molecular weight excluding hydrogens is 337 g/mol. The Hall–Kier alpha value is -0.0700. The maximum absolute atomic E-state index is 11.5. The van der Waals surface area contributed by atoms with Crippen molar-refractivity contribution in [2.75, 3.05) is 53.0 Å². The molecule has 140 valence electrons. The van der Waals surface area contributed by atoms with Crippen LogP contribution in [0.15, 0.2) is 0 Å². The molecule has 0 saturated carbocycles. The fraction of sp³-hybridized carbons (Fsp3) is 0.938. The Morgan fingerprint density at radius 1 is 1.13 bits per heavy atom. The van der Waals surface area contributed by atoms with Crippen molar-refractivity contribution in [3.05, 3.63) is 0 Å². The van der Waals surface area contributed by atoms with Crippen LogP contribution in [0.2, 0.25) is 0 Å². The van der Waals surface area contributed by atoms with Gasteiger partial charge in [-0.1, -0.05) is 13.8 Å². The number of amides is 1. The first-order valence-corrected chi connectivity index (χ1v) is 8.30. The first-order chi connectivity index (χ1) is 10.1. The minimum atomic E-state index is 0. The van der Waals surface area contributed by atoms with Gasteiger partial charge in [0.15, 0.2) is 0 Å². The van der Waals surface area contributed by atoms with Crippen molar-refractivity contribution in [1.29, 1.82) is 0 Å². The maximum atomic E-state index is 11.5. The molecule has 1 amide bonds. The van der Waals surface area contributed by atoms with Crippen LogP contribution in [0.1, 0.15) is 33.1 Å². The highest BCUT2D eigenvalue weighted by Crippen LogP contribution is 2.20. The number of unbranched alkanes of at least 4 members (excludes halogenated alkanes) is 1. The van der Waals surface area contributed by atoms with E-state index >= 15 is 0 Å². The normalized spacial score (nSPS) is 21.2. The summed E-state index contributed by atoms with van der Waals surface area (Å²) in [6.07, 6.45) is 3.59. The standard InChI is InChI=1S/C16H33N3O2.2ClH/c1-14-10-15(2)13-19(12-14)8-5-4-6-18-16(20)11-17-7-9-21-3;;/h14-15,17H,4-13H2,1-3H3,(H,18,20);2*1H. The van der Waals surface area contributed by atoms with Crippen LogP contribution in [-0.4, -0.2) is 63.8 Å². The van der Waals surface area contributed by atoms with E-state index in [-0.39, 0.29) is 30.7 Å². The van der Waals surface area contributed by atoms with E-state index < -0.39 is 0 Å². The predicted octanol–water partition coefficient (Wildman–Crippen LogP) is 1.94. The third-order valence-corrected chi connectivity index (χ3v) is 3.94. The fourth-order valence-corrected chi connectivity index (χ4v) is 3.10. The van der Waals surface area contributed by atoms with Crippen LogP contribution in [-0.2, 0) is 9.53 Å². The molecule has 23 heavy (non-hydrogen) atoms. The second kappa shape index (κ2) is 15.5. The summed E-state index contributed by atoms with van der Waals surface area (Å²) in [5.74, 6) is 1.73. The van der Waals surface area contributed by atoms with Gasteiger partial charge < -0.3 is 20.3 Å². The number of nitrogens with zero attached hydrogens (tertiary/aromatic N) is 1. The molecule has 1 rings (SSSR count). The topological polar surface area (TPSA) is 53.6 Å². The third kappa shape index (κ3) is 13.0. The van der Waals surface area contributed by atoms with E-state index in [9.17, 15) is 4.79 Å². The number of methoxy groups -OCH3 is 1. The van der Waals surface area contributed by atoms with Crippen LogP contribution in [0, 0.1) is 11.8 Å². The monoisotopic (exact) mass is 371 g/mol. The average molecular weight is 372 g/mol. The van der Waals surface area contributed by atoms with Gasteiger partial charge in [-0.25, -0.2) is 0 Å². The minimum Gasteiger partial charge on any atom is -0.383 e. The molecule has 1 heterocycles. The van der Waals surface area contributed by atoms with E-state index in [2.05, 4.69) is 29.4 Å². The van der Waals surface area contributed by atoms with Crippen LogP contribution < -0.4 is 10.6 Å². The molecule has 0 bridgehead atoms. The number of nitrogens with one attached hydrogen (secondary N) is 2. The molecule has 0 aromatic rings. The average Bonchev–Trinajstić information content (AvgIpc) is 2.42. The third-order valence-electron chi connectivity index (χ3n) is 3.94. The van der Waals surface area contributed by atoms with Crippen molar-refractivity contribution in [3.63, 3.8) is 0 Å². The molecule has 0 aromatic carbocycles. The summed E-state index contributed by atoms with van der Waals surface area (Å²) in [4.78, 5) is 14.1. The summed E-state index contributed by atoms with van der Waals surface area (Å²) >= 11 is 0. The van der Waals surface area contributed by atoms with Crippen molar-refractivity contribution in [1.82, 2.24) is 15.5 Å². The smallest absolute Gasteiger partial charge is 0.233 e. The molecule has 5 nitrogen and oxygen atoms in total. The van der Waals surface area contributed by atoms with Gasteiger partial charge in [-0.15, -0.1) is 24.8 Å². The molecule has 1 aliphatic rings. The van der Waals surface area contributed by atoms with E-state index in [0.29, 0.717) is 13.2 Å². The van der Waals surface area contributed by atoms with E-state index in [1.807, 2.05) is 0 Å². The Morgan fingerprint density at radius 2 is 1.78 bits per heavy atom. The molecule has 2 atom stereocenters.